The number of halogens is 1. The SMILES string of the molecule is CCCCNCc1ccc(F)cc1. The zero-order chi connectivity index (χ0) is 9.52. The van der Waals surface area contributed by atoms with Gasteiger partial charge in [0, 0.05) is 6.54 Å². The molecule has 1 nitrogen and oxygen atoms in total. The van der Waals surface area contributed by atoms with Crippen LogP contribution in [-0.2, 0) is 6.54 Å². The minimum Gasteiger partial charge on any atom is -0.313 e. The Labute approximate surface area is 79.0 Å². The molecule has 0 heterocycles. The second kappa shape index (κ2) is 5.70. The number of benzene rings is 1. The van der Waals surface area contributed by atoms with E-state index in [0.717, 1.165) is 18.7 Å². The van der Waals surface area contributed by atoms with Gasteiger partial charge in [0.05, 0.1) is 0 Å². The van der Waals surface area contributed by atoms with Gasteiger partial charge in [0.15, 0.2) is 0 Å². The van der Waals surface area contributed by atoms with Crippen molar-refractivity contribution in [1.82, 2.24) is 5.32 Å². The molecule has 0 unspecified atom stereocenters. The standard InChI is InChI=1S/C11H16FN/c1-2-3-8-13-9-10-4-6-11(12)7-5-10/h4-7,13H,2-3,8-9H2,1H3. The van der Waals surface area contributed by atoms with Crippen molar-refractivity contribution in [2.45, 2.75) is 26.3 Å². The summed E-state index contributed by atoms with van der Waals surface area (Å²) in [7, 11) is 0. The van der Waals surface area contributed by atoms with Gasteiger partial charge >= 0.3 is 0 Å². The van der Waals surface area contributed by atoms with Crippen molar-refractivity contribution in [2.75, 3.05) is 6.54 Å². The van der Waals surface area contributed by atoms with Crippen molar-refractivity contribution in [3.8, 4) is 0 Å². The van der Waals surface area contributed by atoms with Crippen LogP contribution in [0.3, 0.4) is 0 Å². The Morgan fingerprint density at radius 1 is 1.23 bits per heavy atom. The van der Waals surface area contributed by atoms with Gasteiger partial charge in [-0.05, 0) is 30.7 Å². The zero-order valence-electron chi connectivity index (χ0n) is 8.02. The Kier molecular flexibility index (Phi) is 4.47. The van der Waals surface area contributed by atoms with Crippen LogP contribution in [0.25, 0.3) is 0 Å². The lowest BCUT2D eigenvalue weighted by Crippen LogP contribution is -2.14. The molecule has 0 amide bonds. The van der Waals surface area contributed by atoms with Crippen LogP contribution in [0.15, 0.2) is 24.3 Å². The fraction of sp³-hybridized carbons (Fsp3) is 0.455. The second-order valence-electron chi connectivity index (χ2n) is 3.16. The number of unbranched alkanes of at least 4 members (excludes halogenated alkanes) is 1. The molecule has 0 spiro atoms. The van der Waals surface area contributed by atoms with Crippen molar-refractivity contribution in [3.63, 3.8) is 0 Å². The molecule has 72 valence electrons. The fourth-order valence-electron chi connectivity index (χ4n) is 1.14. The summed E-state index contributed by atoms with van der Waals surface area (Å²) in [5, 5.41) is 3.30. The highest BCUT2D eigenvalue weighted by Crippen LogP contribution is 2.01. The van der Waals surface area contributed by atoms with Gasteiger partial charge in [-0.25, -0.2) is 4.39 Å². The molecule has 0 fully saturated rings. The quantitative estimate of drug-likeness (QED) is 0.689. The van der Waals surface area contributed by atoms with E-state index < -0.39 is 0 Å². The summed E-state index contributed by atoms with van der Waals surface area (Å²) in [4.78, 5) is 0. The lowest BCUT2D eigenvalue weighted by Gasteiger charge is -2.03. The van der Waals surface area contributed by atoms with Gasteiger partial charge < -0.3 is 5.32 Å². The normalized spacial score (nSPS) is 10.3. The van der Waals surface area contributed by atoms with Gasteiger partial charge in [0.2, 0.25) is 0 Å². The summed E-state index contributed by atoms with van der Waals surface area (Å²) in [5.41, 5.74) is 1.14. The smallest absolute Gasteiger partial charge is 0.123 e. The highest BCUT2D eigenvalue weighted by atomic mass is 19.1. The van der Waals surface area contributed by atoms with Crippen LogP contribution in [-0.4, -0.2) is 6.54 Å². The second-order valence-corrected chi connectivity index (χ2v) is 3.16. The third-order valence-corrected chi connectivity index (χ3v) is 1.95. The summed E-state index contributed by atoms with van der Waals surface area (Å²) in [6.07, 6.45) is 2.40. The minimum atomic E-state index is -0.169. The van der Waals surface area contributed by atoms with Crippen LogP contribution in [0.4, 0.5) is 4.39 Å². The summed E-state index contributed by atoms with van der Waals surface area (Å²) in [5.74, 6) is -0.169. The van der Waals surface area contributed by atoms with E-state index in [2.05, 4.69) is 12.2 Å². The number of hydrogen-bond acceptors (Lipinski definition) is 1. The van der Waals surface area contributed by atoms with Crippen molar-refractivity contribution in [1.29, 1.82) is 0 Å². The Balaban J connectivity index is 2.25. The number of hydrogen-bond donors (Lipinski definition) is 1. The predicted octanol–water partition coefficient (Wildman–Crippen LogP) is 2.72. The largest absolute Gasteiger partial charge is 0.313 e. The minimum absolute atomic E-state index is 0.169. The molecule has 0 aliphatic carbocycles. The molecule has 2 heteroatoms. The highest BCUT2D eigenvalue weighted by molar-refractivity contribution is 5.15. The molecule has 1 aromatic rings. The van der Waals surface area contributed by atoms with Crippen LogP contribution in [0, 0.1) is 5.82 Å². The Bertz CT molecular complexity index is 230. The molecular formula is C11H16FN. The van der Waals surface area contributed by atoms with Crippen LogP contribution >= 0.6 is 0 Å². The van der Waals surface area contributed by atoms with Crippen LogP contribution in [0.2, 0.25) is 0 Å². The lowest BCUT2D eigenvalue weighted by molar-refractivity contribution is 0.621. The first-order valence-electron chi connectivity index (χ1n) is 4.78. The molecule has 0 saturated heterocycles. The van der Waals surface area contributed by atoms with Gasteiger partial charge in [-0.15, -0.1) is 0 Å². The summed E-state index contributed by atoms with van der Waals surface area (Å²) < 4.78 is 12.5. The van der Waals surface area contributed by atoms with Gasteiger partial charge in [-0.2, -0.15) is 0 Å². The lowest BCUT2D eigenvalue weighted by atomic mass is 10.2. The maximum Gasteiger partial charge on any atom is 0.123 e. The van der Waals surface area contributed by atoms with Crippen molar-refractivity contribution >= 4 is 0 Å². The van der Waals surface area contributed by atoms with Crippen LogP contribution < -0.4 is 5.32 Å². The molecule has 0 atom stereocenters. The van der Waals surface area contributed by atoms with Gasteiger partial charge in [-0.3, -0.25) is 0 Å². The highest BCUT2D eigenvalue weighted by Gasteiger charge is 1.92. The van der Waals surface area contributed by atoms with Crippen molar-refractivity contribution in [3.05, 3.63) is 35.6 Å². The molecule has 0 aliphatic rings. The van der Waals surface area contributed by atoms with E-state index in [-0.39, 0.29) is 5.82 Å². The molecule has 0 saturated carbocycles. The molecule has 1 aromatic carbocycles. The topological polar surface area (TPSA) is 12.0 Å². The van der Waals surface area contributed by atoms with Gasteiger partial charge in [-0.1, -0.05) is 25.5 Å². The molecular weight excluding hydrogens is 165 g/mol. The average molecular weight is 181 g/mol. The van der Waals surface area contributed by atoms with E-state index in [1.807, 2.05) is 12.1 Å². The first kappa shape index (κ1) is 10.2. The molecule has 0 aliphatic heterocycles. The van der Waals surface area contributed by atoms with E-state index in [0.29, 0.717) is 0 Å². The fourth-order valence-corrected chi connectivity index (χ4v) is 1.14. The maximum atomic E-state index is 12.5. The van der Waals surface area contributed by atoms with Crippen LogP contribution in [0.1, 0.15) is 25.3 Å². The van der Waals surface area contributed by atoms with E-state index >= 15 is 0 Å². The van der Waals surface area contributed by atoms with E-state index in [9.17, 15) is 4.39 Å². The first-order chi connectivity index (χ1) is 6.33. The molecule has 1 rings (SSSR count). The van der Waals surface area contributed by atoms with Gasteiger partial charge in [0.25, 0.3) is 0 Å². The first-order valence-corrected chi connectivity index (χ1v) is 4.78. The predicted molar refractivity (Wildman–Crippen MR) is 53.0 cm³/mol. The Morgan fingerprint density at radius 2 is 1.92 bits per heavy atom. The number of nitrogens with one attached hydrogen (secondary N) is 1. The summed E-state index contributed by atoms with van der Waals surface area (Å²) in [6, 6.07) is 6.62. The Hall–Kier alpha value is -0.890. The zero-order valence-corrected chi connectivity index (χ0v) is 8.02. The third-order valence-electron chi connectivity index (χ3n) is 1.95. The molecule has 0 radical (unpaired) electrons. The maximum absolute atomic E-state index is 12.5. The molecule has 0 aromatic heterocycles. The Morgan fingerprint density at radius 3 is 2.54 bits per heavy atom. The van der Waals surface area contributed by atoms with Crippen LogP contribution in [0.5, 0.6) is 0 Å². The monoisotopic (exact) mass is 181 g/mol. The van der Waals surface area contributed by atoms with Crippen molar-refractivity contribution < 1.29 is 4.39 Å². The van der Waals surface area contributed by atoms with E-state index in [1.165, 1.54) is 25.0 Å². The van der Waals surface area contributed by atoms with Crippen molar-refractivity contribution in [2.24, 2.45) is 0 Å². The molecule has 0 bridgehead atoms. The average Bonchev–Trinajstić information content (AvgIpc) is 2.15. The van der Waals surface area contributed by atoms with Gasteiger partial charge in [0.1, 0.15) is 5.82 Å². The summed E-state index contributed by atoms with van der Waals surface area (Å²) in [6.45, 7) is 4.04. The third kappa shape index (κ3) is 4.04. The number of rotatable bonds is 5. The molecule has 13 heavy (non-hydrogen) atoms. The molecule has 1 N–H and O–H groups in total. The summed E-state index contributed by atoms with van der Waals surface area (Å²) >= 11 is 0. The van der Waals surface area contributed by atoms with E-state index in [1.54, 1.807) is 0 Å². The van der Waals surface area contributed by atoms with E-state index in [4.69, 9.17) is 0 Å².